The average Bonchev–Trinajstić information content (AvgIpc) is 3.15. The highest BCUT2D eigenvalue weighted by Crippen LogP contribution is 2.20. The zero-order valence-electron chi connectivity index (χ0n) is 16.2. The molecule has 0 saturated carbocycles. The number of allylic oxidation sites excluding steroid dienone is 6. The summed E-state index contributed by atoms with van der Waals surface area (Å²) in [5.74, 6) is -0.135. The van der Waals surface area contributed by atoms with E-state index in [0.29, 0.717) is 11.7 Å². The number of rotatable bonds is 12. The van der Waals surface area contributed by atoms with E-state index in [1.54, 1.807) is 37.7 Å². The van der Waals surface area contributed by atoms with Crippen LogP contribution in [0.15, 0.2) is 65.2 Å². The molecule has 0 atom stereocenters. The molecule has 0 amide bonds. The molecule has 0 spiro atoms. The first kappa shape index (κ1) is 22.6. The van der Waals surface area contributed by atoms with Gasteiger partial charge in [-0.25, -0.2) is 9.37 Å². The van der Waals surface area contributed by atoms with Crippen molar-refractivity contribution < 1.29 is 9.13 Å². The first-order chi connectivity index (χ1) is 13.1. The SMILES string of the molecule is C=C(C=N/C=C\C)c1csc(N/C=C/C=C(OCCCCC)\C(F)=C/C)n1. The topological polar surface area (TPSA) is 46.5 Å². The molecule has 0 aromatic carbocycles. The van der Waals surface area contributed by atoms with Gasteiger partial charge < -0.3 is 10.1 Å². The third-order valence-corrected chi connectivity index (χ3v) is 4.12. The molecule has 0 aliphatic heterocycles. The van der Waals surface area contributed by atoms with Crippen molar-refractivity contribution in [1.29, 1.82) is 0 Å². The summed E-state index contributed by atoms with van der Waals surface area (Å²) >= 11 is 1.45. The minimum Gasteiger partial charge on any atom is -0.491 e. The van der Waals surface area contributed by atoms with Gasteiger partial charge in [0.15, 0.2) is 16.7 Å². The Kier molecular flexibility index (Phi) is 11.4. The summed E-state index contributed by atoms with van der Waals surface area (Å²) < 4.78 is 19.4. The van der Waals surface area contributed by atoms with E-state index >= 15 is 0 Å². The molecule has 0 aliphatic rings. The molecular weight excluding hydrogens is 361 g/mol. The minimum absolute atomic E-state index is 0.236. The van der Waals surface area contributed by atoms with E-state index in [9.17, 15) is 4.39 Å². The highest BCUT2D eigenvalue weighted by molar-refractivity contribution is 7.13. The summed E-state index contributed by atoms with van der Waals surface area (Å²) in [6.45, 7) is 10.1. The second-order valence-corrected chi connectivity index (χ2v) is 6.41. The highest BCUT2D eigenvalue weighted by atomic mass is 32.1. The van der Waals surface area contributed by atoms with Gasteiger partial charge >= 0.3 is 0 Å². The van der Waals surface area contributed by atoms with E-state index in [0.717, 1.165) is 30.5 Å². The lowest BCUT2D eigenvalue weighted by molar-refractivity contribution is 0.202. The smallest absolute Gasteiger partial charge is 0.187 e. The van der Waals surface area contributed by atoms with Gasteiger partial charge in [0.1, 0.15) is 0 Å². The van der Waals surface area contributed by atoms with Crippen molar-refractivity contribution in [1.82, 2.24) is 4.98 Å². The molecule has 6 heteroatoms. The fourth-order valence-corrected chi connectivity index (χ4v) is 2.62. The molecule has 146 valence electrons. The Morgan fingerprint density at radius 3 is 2.93 bits per heavy atom. The lowest BCUT2D eigenvalue weighted by Gasteiger charge is -2.07. The number of hydrogen-bond acceptors (Lipinski definition) is 5. The first-order valence-electron chi connectivity index (χ1n) is 8.99. The third-order valence-electron chi connectivity index (χ3n) is 3.34. The van der Waals surface area contributed by atoms with Crippen molar-refractivity contribution in [3.05, 3.63) is 65.9 Å². The standard InChI is InChI=1S/C21H28FN3OS/c1-5-8-9-14-26-20(18(22)7-3)11-10-13-24-21-25-19(16-27-21)17(4)15-23-12-6-2/h6-7,10-13,15-16H,4-5,8-9,14H2,1-3H3,(H,24,25)/b12-6-,13-10+,18-7+,20-11+,23-15?. The van der Waals surface area contributed by atoms with Crippen molar-refractivity contribution in [2.45, 2.75) is 40.0 Å². The van der Waals surface area contributed by atoms with Gasteiger partial charge in [0, 0.05) is 29.6 Å². The average molecular weight is 390 g/mol. The van der Waals surface area contributed by atoms with Crippen LogP contribution < -0.4 is 5.32 Å². The Hall–Kier alpha value is -2.47. The van der Waals surface area contributed by atoms with E-state index in [4.69, 9.17) is 4.74 Å². The summed E-state index contributed by atoms with van der Waals surface area (Å²) in [5.41, 5.74) is 1.50. The summed E-state index contributed by atoms with van der Waals surface area (Å²) in [7, 11) is 0. The maximum atomic E-state index is 13.9. The molecule has 0 radical (unpaired) electrons. The Bertz CT molecular complexity index is 730. The second-order valence-electron chi connectivity index (χ2n) is 5.55. The van der Waals surface area contributed by atoms with Gasteiger partial charge in [-0.15, -0.1) is 11.3 Å². The Labute approximate surface area is 165 Å². The van der Waals surface area contributed by atoms with Gasteiger partial charge in [-0.05, 0) is 38.5 Å². The van der Waals surface area contributed by atoms with Crippen LogP contribution in [0.5, 0.6) is 0 Å². The fourth-order valence-electron chi connectivity index (χ4n) is 1.90. The van der Waals surface area contributed by atoms with Gasteiger partial charge in [0.25, 0.3) is 0 Å². The normalized spacial score (nSPS) is 13.2. The van der Waals surface area contributed by atoms with Crippen LogP contribution in [0.25, 0.3) is 5.57 Å². The van der Waals surface area contributed by atoms with Crippen LogP contribution >= 0.6 is 11.3 Å². The second kappa shape index (κ2) is 13.7. The number of anilines is 1. The van der Waals surface area contributed by atoms with E-state index in [1.807, 2.05) is 18.4 Å². The van der Waals surface area contributed by atoms with Crippen LogP contribution in [-0.4, -0.2) is 17.8 Å². The highest BCUT2D eigenvalue weighted by Gasteiger charge is 2.04. The number of thiazole rings is 1. The monoisotopic (exact) mass is 389 g/mol. The molecule has 0 aliphatic carbocycles. The maximum absolute atomic E-state index is 13.9. The Morgan fingerprint density at radius 1 is 1.41 bits per heavy atom. The van der Waals surface area contributed by atoms with Gasteiger partial charge in [0.05, 0.1) is 12.3 Å². The van der Waals surface area contributed by atoms with Gasteiger partial charge in [0.2, 0.25) is 0 Å². The van der Waals surface area contributed by atoms with Gasteiger partial charge in [-0.1, -0.05) is 32.4 Å². The van der Waals surface area contributed by atoms with Crippen molar-refractivity contribution in [2.75, 3.05) is 11.9 Å². The lowest BCUT2D eigenvalue weighted by Crippen LogP contribution is -1.96. The summed E-state index contributed by atoms with van der Waals surface area (Å²) in [6, 6.07) is 0. The largest absolute Gasteiger partial charge is 0.491 e. The molecule has 1 N–H and O–H groups in total. The van der Waals surface area contributed by atoms with Gasteiger partial charge in [-0.3, -0.25) is 4.99 Å². The molecular formula is C21H28FN3OS. The van der Waals surface area contributed by atoms with Crippen LogP contribution in [0, 0.1) is 0 Å². The number of unbranched alkanes of at least 4 members (excludes halogenated alkanes) is 2. The van der Waals surface area contributed by atoms with Crippen molar-refractivity contribution in [2.24, 2.45) is 4.99 Å². The van der Waals surface area contributed by atoms with Crippen LogP contribution in [0.4, 0.5) is 9.52 Å². The number of aliphatic imine (C=N–C) groups is 1. The summed E-state index contributed by atoms with van der Waals surface area (Å²) in [4.78, 5) is 8.52. The van der Waals surface area contributed by atoms with E-state index in [-0.39, 0.29) is 11.6 Å². The van der Waals surface area contributed by atoms with E-state index in [2.05, 4.69) is 28.8 Å². The quantitative estimate of drug-likeness (QED) is 0.188. The number of aromatic nitrogens is 1. The zero-order chi connectivity index (χ0) is 19.9. The maximum Gasteiger partial charge on any atom is 0.187 e. The molecule has 1 aromatic heterocycles. The number of hydrogen-bond donors (Lipinski definition) is 1. The number of nitrogens with zero attached hydrogens (tertiary/aromatic N) is 2. The van der Waals surface area contributed by atoms with Crippen LogP contribution in [0.3, 0.4) is 0 Å². The molecule has 0 bridgehead atoms. The van der Waals surface area contributed by atoms with E-state index in [1.165, 1.54) is 17.4 Å². The fraction of sp³-hybridized carbons (Fsp3) is 0.333. The Balaban J connectivity index is 2.62. The lowest BCUT2D eigenvalue weighted by atomic mass is 10.3. The molecule has 1 heterocycles. The third kappa shape index (κ3) is 9.15. The molecule has 0 saturated heterocycles. The predicted molar refractivity (Wildman–Crippen MR) is 116 cm³/mol. The number of nitrogens with one attached hydrogen (secondary N) is 1. The molecule has 4 nitrogen and oxygen atoms in total. The van der Waals surface area contributed by atoms with Crippen molar-refractivity contribution in [3.63, 3.8) is 0 Å². The predicted octanol–water partition coefficient (Wildman–Crippen LogP) is 6.65. The van der Waals surface area contributed by atoms with E-state index < -0.39 is 0 Å². The molecule has 0 fully saturated rings. The molecule has 0 unspecified atom stereocenters. The minimum atomic E-state index is -0.371. The first-order valence-corrected chi connectivity index (χ1v) is 9.87. The Morgan fingerprint density at radius 2 is 2.22 bits per heavy atom. The zero-order valence-corrected chi connectivity index (χ0v) is 17.1. The van der Waals surface area contributed by atoms with Crippen molar-refractivity contribution in [3.8, 4) is 0 Å². The number of halogens is 1. The van der Waals surface area contributed by atoms with Crippen LogP contribution in [0.2, 0.25) is 0 Å². The molecule has 27 heavy (non-hydrogen) atoms. The summed E-state index contributed by atoms with van der Waals surface area (Å²) in [5, 5.41) is 5.68. The molecule has 1 aromatic rings. The van der Waals surface area contributed by atoms with Gasteiger partial charge in [-0.2, -0.15) is 0 Å². The number of ether oxygens (including phenoxy) is 1. The van der Waals surface area contributed by atoms with Crippen LogP contribution in [0.1, 0.15) is 45.7 Å². The summed E-state index contributed by atoms with van der Waals surface area (Å²) in [6.07, 6.45) is 14.7. The van der Waals surface area contributed by atoms with Crippen LogP contribution in [-0.2, 0) is 4.74 Å². The van der Waals surface area contributed by atoms with Crippen molar-refractivity contribution >= 4 is 28.3 Å². The molecule has 1 rings (SSSR count).